The van der Waals surface area contributed by atoms with E-state index < -0.39 is 0 Å². The number of nitrogens with one attached hydrogen (secondary N) is 1. The van der Waals surface area contributed by atoms with E-state index in [1.807, 2.05) is 24.3 Å². The second-order valence-corrected chi connectivity index (χ2v) is 8.48. The van der Waals surface area contributed by atoms with Gasteiger partial charge in [0.2, 0.25) is 0 Å². The number of hydrogen-bond acceptors (Lipinski definition) is 4. The monoisotopic (exact) mass is 416 g/mol. The predicted octanol–water partition coefficient (Wildman–Crippen LogP) is 3.80. The van der Waals surface area contributed by atoms with Crippen molar-refractivity contribution in [3.63, 3.8) is 0 Å². The van der Waals surface area contributed by atoms with Crippen molar-refractivity contribution in [1.29, 1.82) is 0 Å². The van der Waals surface area contributed by atoms with Crippen LogP contribution in [0.15, 0.2) is 47.6 Å². The average Bonchev–Trinajstić information content (AvgIpc) is 3.10. The summed E-state index contributed by atoms with van der Waals surface area (Å²) in [5.74, 6) is 0.689. The molecule has 1 aliphatic carbocycles. The summed E-state index contributed by atoms with van der Waals surface area (Å²) >= 11 is 0. The van der Waals surface area contributed by atoms with E-state index in [1.54, 1.807) is 13.3 Å². The van der Waals surface area contributed by atoms with E-state index in [2.05, 4.69) is 45.1 Å². The molecule has 5 rings (SSSR count). The van der Waals surface area contributed by atoms with Crippen LogP contribution in [0.3, 0.4) is 0 Å². The maximum atomic E-state index is 12.6. The van der Waals surface area contributed by atoms with Crippen molar-refractivity contribution in [3.05, 3.63) is 64.8 Å². The van der Waals surface area contributed by atoms with Crippen LogP contribution in [0.4, 0.5) is 0 Å². The van der Waals surface area contributed by atoms with Gasteiger partial charge in [0.1, 0.15) is 5.75 Å². The van der Waals surface area contributed by atoms with Gasteiger partial charge in [0.25, 0.3) is 5.91 Å². The first-order valence-electron chi connectivity index (χ1n) is 11.0. The van der Waals surface area contributed by atoms with E-state index in [9.17, 15) is 4.79 Å². The molecule has 2 aromatic carbocycles. The van der Waals surface area contributed by atoms with Crippen molar-refractivity contribution in [2.24, 2.45) is 5.10 Å². The lowest BCUT2D eigenvalue weighted by Gasteiger charge is -2.39. The zero-order valence-corrected chi connectivity index (χ0v) is 18.1. The molecular weight excluding hydrogens is 388 g/mol. The maximum Gasteiger partial charge on any atom is 0.254 e. The third-order valence-corrected chi connectivity index (χ3v) is 6.48. The standard InChI is InChI=1S/C25H28N4O2/c1-17-9-10-22-21(13-17)20-7-4-8-23-25(20)29(22)12-11-28(23)16-24(30)27-26-15-18-5-3-6-19(14-18)31-2/h3,5-6,9-10,13-15,23H,4,7-8,11-12,16H2,1-2H3,(H,27,30)/b26-15-/t23-/m1/s1. The van der Waals surface area contributed by atoms with E-state index in [4.69, 9.17) is 4.74 Å². The Morgan fingerprint density at radius 1 is 1.26 bits per heavy atom. The van der Waals surface area contributed by atoms with E-state index in [1.165, 1.54) is 27.7 Å². The summed E-state index contributed by atoms with van der Waals surface area (Å²) in [5, 5.41) is 5.54. The molecule has 1 amide bonds. The fraction of sp³-hybridized carbons (Fsp3) is 0.360. The Labute approximate surface area is 182 Å². The minimum atomic E-state index is -0.0772. The Hall–Kier alpha value is -3.12. The van der Waals surface area contributed by atoms with Gasteiger partial charge in [-0.15, -0.1) is 0 Å². The molecule has 6 nitrogen and oxygen atoms in total. The molecule has 3 aromatic rings. The van der Waals surface area contributed by atoms with Crippen LogP contribution >= 0.6 is 0 Å². The summed E-state index contributed by atoms with van der Waals surface area (Å²) < 4.78 is 7.71. The highest BCUT2D eigenvalue weighted by molar-refractivity contribution is 5.87. The first-order valence-corrected chi connectivity index (χ1v) is 11.0. The molecule has 0 saturated carbocycles. The summed E-state index contributed by atoms with van der Waals surface area (Å²) in [6.45, 7) is 4.32. The number of rotatable bonds is 5. The van der Waals surface area contributed by atoms with Gasteiger partial charge in [0.15, 0.2) is 0 Å². The number of fused-ring (bicyclic) bond motifs is 3. The minimum absolute atomic E-state index is 0.0772. The number of carbonyl (C=O) groups is 1. The lowest BCUT2D eigenvalue weighted by Crippen LogP contribution is -2.44. The molecule has 1 atom stereocenters. The minimum Gasteiger partial charge on any atom is -0.497 e. The fourth-order valence-electron chi connectivity index (χ4n) is 5.10. The molecule has 1 aromatic heterocycles. The summed E-state index contributed by atoms with van der Waals surface area (Å²) in [4.78, 5) is 14.9. The van der Waals surface area contributed by atoms with E-state index in [0.717, 1.165) is 43.7 Å². The fourth-order valence-corrected chi connectivity index (χ4v) is 5.10. The van der Waals surface area contributed by atoms with Crippen LogP contribution in [0, 0.1) is 6.92 Å². The van der Waals surface area contributed by atoms with Crippen molar-refractivity contribution < 1.29 is 9.53 Å². The highest BCUT2D eigenvalue weighted by Crippen LogP contribution is 2.42. The third-order valence-electron chi connectivity index (χ3n) is 6.48. The number of nitrogens with zero attached hydrogens (tertiary/aromatic N) is 3. The molecule has 1 N–H and O–H groups in total. The second-order valence-electron chi connectivity index (χ2n) is 8.48. The summed E-state index contributed by atoms with van der Waals surface area (Å²) in [6.07, 6.45) is 5.04. The average molecular weight is 417 g/mol. The molecule has 0 spiro atoms. The van der Waals surface area contributed by atoms with Gasteiger partial charge in [-0.05, 0) is 61.6 Å². The van der Waals surface area contributed by atoms with E-state index >= 15 is 0 Å². The highest BCUT2D eigenvalue weighted by Gasteiger charge is 2.35. The molecular formula is C25H28N4O2. The molecule has 2 aliphatic rings. The van der Waals surface area contributed by atoms with Crippen LogP contribution in [-0.4, -0.2) is 41.8 Å². The first kappa shape index (κ1) is 19.8. The van der Waals surface area contributed by atoms with Gasteiger partial charge >= 0.3 is 0 Å². The number of amides is 1. The van der Waals surface area contributed by atoms with Gasteiger partial charge in [-0.3, -0.25) is 9.69 Å². The van der Waals surface area contributed by atoms with Crippen LogP contribution in [0.2, 0.25) is 0 Å². The molecule has 31 heavy (non-hydrogen) atoms. The van der Waals surface area contributed by atoms with Crippen molar-refractivity contribution in [2.45, 2.75) is 38.8 Å². The van der Waals surface area contributed by atoms with Crippen LogP contribution in [-0.2, 0) is 17.8 Å². The maximum absolute atomic E-state index is 12.6. The molecule has 0 radical (unpaired) electrons. The van der Waals surface area contributed by atoms with Gasteiger partial charge in [-0.2, -0.15) is 5.10 Å². The second kappa shape index (κ2) is 8.19. The van der Waals surface area contributed by atoms with Crippen LogP contribution in [0.1, 0.15) is 41.3 Å². The number of carbonyl (C=O) groups excluding carboxylic acids is 1. The number of ether oxygens (including phenoxy) is 1. The Morgan fingerprint density at radius 3 is 3.03 bits per heavy atom. The van der Waals surface area contributed by atoms with Crippen LogP contribution in [0.5, 0.6) is 5.75 Å². The van der Waals surface area contributed by atoms with E-state index in [0.29, 0.717) is 12.6 Å². The molecule has 160 valence electrons. The molecule has 6 heteroatoms. The van der Waals surface area contributed by atoms with Crippen molar-refractivity contribution in [1.82, 2.24) is 14.9 Å². The number of aromatic nitrogens is 1. The molecule has 2 heterocycles. The number of aryl methyl sites for hydroxylation is 2. The Kier molecular flexibility index (Phi) is 5.24. The van der Waals surface area contributed by atoms with Crippen LogP contribution < -0.4 is 10.2 Å². The largest absolute Gasteiger partial charge is 0.497 e. The Morgan fingerprint density at radius 2 is 2.16 bits per heavy atom. The Balaban J connectivity index is 1.31. The summed E-state index contributed by atoms with van der Waals surface area (Å²) in [7, 11) is 1.63. The van der Waals surface area contributed by atoms with Gasteiger partial charge < -0.3 is 9.30 Å². The zero-order valence-electron chi connectivity index (χ0n) is 18.1. The third kappa shape index (κ3) is 3.72. The quantitative estimate of drug-likeness (QED) is 0.508. The number of hydrazone groups is 1. The number of benzene rings is 2. The van der Waals surface area contributed by atoms with Crippen molar-refractivity contribution in [3.8, 4) is 5.75 Å². The molecule has 0 fully saturated rings. The number of methoxy groups -OCH3 is 1. The van der Waals surface area contributed by atoms with Crippen molar-refractivity contribution in [2.75, 3.05) is 20.2 Å². The number of hydrogen-bond donors (Lipinski definition) is 1. The SMILES string of the molecule is COc1cccc(/C=N\NC(=O)CN2CCn3c4c(c5cc(C)ccc53)CCC[C@H]42)c1. The van der Waals surface area contributed by atoms with Crippen molar-refractivity contribution >= 4 is 23.0 Å². The van der Waals surface area contributed by atoms with Gasteiger partial charge in [0.05, 0.1) is 25.9 Å². The highest BCUT2D eigenvalue weighted by atomic mass is 16.5. The zero-order chi connectivity index (χ0) is 21.4. The molecule has 0 bridgehead atoms. The first-order chi connectivity index (χ1) is 15.1. The summed E-state index contributed by atoms with van der Waals surface area (Å²) in [6, 6.07) is 14.7. The predicted molar refractivity (Wildman–Crippen MR) is 123 cm³/mol. The molecule has 0 unspecified atom stereocenters. The molecule has 0 saturated heterocycles. The van der Waals surface area contributed by atoms with Gasteiger partial charge in [0, 0.05) is 29.7 Å². The topological polar surface area (TPSA) is 58.9 Å². The van der Waals surface area contributed by atoms with E-state index in [-0.39, 0.29) is 5.91 Å². The smallest absolute Gasteiger partial charge is 0.254 e. The Bertz CT molecular complexity index is 1160. The van der Waals surface area contributed by atoms with Gasteiger partial charge in [-0.1, -0.05) is 23.8 Å². The normalized spacial score (nSPS) is 18.3. The van der Waals surface area contributed by atoms with Crippen LogP contribution in [0.25, 0.3) is 10.9 Å². The summed E-state index contributed by atoms with van der Waals surface area (Å²) in [5.41, 5.74) is 9.13. The van der Waals surface area contributed by atoms with Gasteiger partial charge in [-0.25, -0.2) is 5.43 Å². The lowest BCUT2D eigenvalue weighted by molar-refractivity contribution is -0.123. The lowest BCUT2D eigenvalue weighted by atomic mass is 9.89. The molecule has 1 aliphatic heterocycles.